The first-order valence-electron chi connectivity index (χ1n) is 3.74. The van der Waals surface area contributed by atoms with Crippen molar-refractivity contribution < 1.29 is 0 Å². The largest absolute Gasteiger partial charge is 0.325 e. The molecule has 0 saturated carbocycles. The Morgan fingerprint density at radius 3 is 2.91 bits per heavy atom. The average molecular weight is 146 g/mol. The minimum Gasteiger partial charge on any atom is -0.325 e. The molecule has 1 aliphatic rings. The first-order valence-corrected chi connectivity index (χ1v) is 3.74. The number of benzene rings is 1. The van der Waals surface area contributed by atoms with Crippen molar-refractivity contribution in [1.82, 2.24) is 0 Å². The molecule has 0 saturated heterocycles. The van der Waals surface area contributed by atoms with Gasteiger partial charge in [0.05, 0.1) is 5.69 Å². The standard InChI is InChI=1S/C9H10N2/c10-6-8-5-7-3-1-2-4-9(7)11-8/h1-4H,5-6,10H2. The van der Waals surface area contributed by atoms with Crippen molar-refractivity contribution in [2.75, 3.05) is 6.54 Å². The molecule has 2 nitrogen and oxygen atoms in total. The zero-order valence-corrected chi connectivity index (χ0v) is 6.25. The first kappa shape index (κ1) is 6.55. The smallest absolute Gasteiger partial charge is 0.0665 e. The normalized spacial score (nSPS) is 14.5. The van der Waals surface area contributed by atoms with Gasteiger partial charge in [0.25, 0.3) is 0 Å². The van der Waals surface area contributed by atoms with Crippen LogP contribution in [0, 0.1) is 0 Å². The van der Waals surface area contributed by atoms with E-state index in [1.807, 2.05) is 18.2 Å². The lowest BCUT2D eigenvalue weighted by Gasteiger charge is -1.92. The molecule has 11 heavy (non-hydrogen) atoms. The molecule has 2 heteroatoms. The quantitative estimate of drug-likeness (QED) is 0.636. The number of rotatable bonds is 1. The van der Waals surface area contributed by atoms with Crippen LogP contribution >= 0.6 is 0 Å². The third-order valence-electron chi connectivity index (χ3n) is 1.90. The zero-order chi connectivity index (χ0) is 7.68. The van der Waals surface area contributed by atoms with Crippen LogP contribution in [0.5, 0.6) is 0 Å². The third-order valence-corrected chi connectivity index (χ3v) is 1.90. The Labute approximate surface area is 65.8 Å². The molecule has 1 aromatic carbocycles. The van der Waals surface area contributed by atoms with Crippen LogP contribution in [0.1, 0.15) is 5.56 Å². The van der Waals surface area contributed by atoms with Gasteiger partial charge in [-0.15, -0.1) is 0 Å². The minimum atomic E-state index is 0.578. The highest BCUT2D eigenvalue weighted by Gasteiger charge is 2.10. The summed E-state index contributed by atoms with van der Waals surface area (Å²) in [5.41, 5.74) is 8.96. The van der Waals surface area contributed by atoms with Crippen LogP contribution < -0.4 is 5.73 Å². The van der Waals surface area contributed by atoms with Crippen LogP contribution in [0.25, 0.3) is 0 Å². The average Bonchev–Trinajstić information content (AvgIpc) is 2.46. The molecule has 1 heterocycles. The molecule has 2 rings (SSSR count). The van der Waals surface area contributed by atoms with Crippen molar-refractivity contribution in [3.63, 3.8) is 0 Å². The Morgan fingerprint density at radius 1 is 1.36 bits per heavy atom. The van der Waals surface area contributed by atoms with Crippen LogP contribution in [0.4, 0.5) is 5.69 Å². The summed E-state index contributed by atoms with van der Waals surface area (Å²) in [7, 11) is 0. The molecule has 0 spiro atoms. The van der Waals surface area contributed by atoms with E-state index >= 15 is 0 Å². The SMILES string of the molecule is NCC1=Nc2ccccc2C1. The lowest BCUT2D eigenvalue weighted by molar-refractivity contribution is 1.25. The fourth-order valence-electron chi connectivity index (χ4n) is 1.32. The monoisotopic (exact) mass is 146 g/mol. The van der Waals surface area contributed by atoms with Gasteiger partial charge in [-0.2, -0.15) is 0 Å². The lowest BCUT2D eigenvalue weighted by Crippen LogP contribution is -2.12. The number of fused-ring (bicyclic) bond motifs is 1. The Hall–Kier alpha value is -1.15. The van der Waals surface area contributed by atoms with Gasteiger partial charge in [0.1, 0.15) is 0 Å². The summed E-state index contributed by atoms with van der Waals surface area (Å²) >= 11 is 0. The van der Waals surface area contributed by atoms with Crippen molar-refractivity contribution in [3.05, 3.63) is 29.8 Å². The molecule has 0 atom stereocenters. The Morgan fingerprint density at radius 2 is 2.18 bits per heavy atom. The van der Waals surface area contributed by atoms with Gasteiger partial charge in [0.2, 0.25) is 0 Å². The predicted molar refractivity (Wildman–Crippen MR) is 46.3 cm³/mol. The Bertz CT molecular complexity index is 302. The molecule has 56 valence electrons. The van der Waals surface area contributed by atoms with Crippen LogP contribution in [-0.4, -0.2) is 12.3 Å². The fourth-order valence-corrected chi connectivity index (χ4v) is 1.32. The highest BCUT2D eigenvalue weighted by atomic mass is 14.8. The molecule has 1 aliphatic heterocycles. The third kappa shape index (κ3) is 1.05. The fraction of sp³-hybridized carbons (Fsp3) is 0.222. The summed E-state index contributed by atoms with van der Waals surface area (Å²) in [6, 6.07) is 8.16. The number of hydrogen-bond acceptors (Lipinski definition) is 2. The lowest BCUT2D eigenvalue weighted by atomic mass is 10.1. The van der Waals surface area contributed by atoms with Crippen LogP contribution in [-0.2, 0) is 6.42 Å². The summed E-state index contributed by atoms with van der Waals surface area (Å²) in [5.74, 6) is 0. The number of para-hydroxylation sites is 1. The van der Waals surface area contributed by atoms with E-state index in [0.29, 0.717) is 6.54 Å². The number of nitrogens with zero attached hydrogens (tertiary/aromatic N) is 1. The maximum absolute atomic E-state index is 5.48. The van der Waals surface area contributed by atoms with Gasteiger partial charge < -0.3 is 5.73 Å². The Kier molecular flexibility index (Phi) is 1.47. The maximum Gasteiger partial charge on any atom is 0.0665 e. The van der Waals surface area contributed by atoms with Crippen molar-refractivity contribution in [3.8, 4) is 0 Å². The number of aliphatic imine (C=N–C) groups is 1. The van der Waals surface area contributed by atoms with Gasteiger partial charge in [-0.05, 0) is 11.6 Å². The van der Waals surface area contributed by atoms with E-state index in [-0.39, 0.29) is 0 Å². The van der Waals surface area contributed by atoms with Crippen LogP contribution in [0.15, 0.2) is 29.3 Å². The molecule has 0 aliphatic carbocycles. The van der Waals surface area contributed by atoms with Crippen molar-refractivity contribution in [2.45, 2.75) is 6.42 Å². The summed E-state index contributed by atoms with van der Waals surface area (Å²) in [6.07, 6.45) is 0.937. The second-order valence-corrected chi connectivity index (χ2v) is 2.69. The second kappa shape index (κ2) is 2.47. The summed E-state index contributed by atoms with van der Waals surface area (Å²) < 4.78 is 0. The van der Waals surface area contributed by atoms with E-state index in [9.17, 15) is 0 Å². The van der Waals surface area contributed by atoms with Crippen molar-refractivity contribution in [2.24, 2.45) is 10.7 Å². The predicted octanol–water partition coefficient (Wildman–Crippen LogP) is 1.27. The topological polar surface area (TPSA) is 38.4 Å². The molecular formula is C9H10N2. The van der Waals surface area contributed by atoms with Crippen LogP contribution in [0.2, 0.25) is 0 Å². The number of nitrogens with two attached hydrogens (primary N) is 1. The van der Waals surface area contributed by atoms with Gasteiger partial charge in [-0.1, -0.05) is 18.2 Å². The van der Waals surface area contributed by atoms with Gasteiger partial charge in [-0.3, -0.25) is 4.99 Å². The molecule has 0 unspecified atom stereocenters. The first-order chi connectivity index (χ1) is 5.40. The second-order valence-electron chi connectivity index (χ2n) is 2.69. The van der Waals surface area contributed by atoms with Crippen molar-refractivity contribution >= 4 is 11.4 Å². The van der Waals surface area contributed by atoms with Gasteiger partial charge in [-0.25, -0.2) is 0 Å². The zero-order valence-electron chi connectivity index (χ0n) is 6.25. The van der Waals surface area contributed by atoms with E-state index in [2.05, 4.69) is 11.1 Å². The molecule has 0 amide bonds. The molecule has 0 fully saturated rings. The molecule has 0 bridgehead atoms. The van der Waals surface area contributed by atoms with E-state index in [4.69, 9.17) is 5.73 Å². The highest BCUT2D eigenvalue weighted by Crippen LogP contribution is 2.25. The van der Waals surface area contributed by atoms with E-state index < -0.39 is 0 Å². The molecule has 2 N–H and O–H groups in total. The van der Waals surface area contributed by atoms with Gasteiger partial charge in [0.15, 0.2) is 0 Å². The molecule has 0 aromatic heterocycles. The molecular weight excluding hydrogens is 136 g/mol. The Balaban J connectivity index is 2.39. The molecule has 0 radical (unpaired) electrons. The van der Waals surface area contributed by atoms with Gasteiger partial charge in [0, 0.05) is 18.7 Å². The summed E-state index contributed by atoms with van der Waals surface area (Å²) in [4.78, 5) is 4.36. The summed E-state index contributed by atoms with van der Waals surface area (Å²) in [5, 5.41) is 0. The van der Waals surface area contributed by atoms with E-state index in [1.54, 1.807) is 0 Å². The van der Waals surface area contributed by atoms with E-state index in [1.165, 1.54) is 5.56 Å². The van der Waals surface area contributed by atoms with E-state index in [0.717, 1.165) is 17.8 Å². The maximum atomic E-state index is 5.48. The van der Waals surface area contributed by atoms with Gasteiger partial charge >= 0.3 is 0 Å². The minimum absolute atomic E-state index is 0.578. The molecule has 1 aromatic rings. The summed E-state index contributed by atoms with van der Waals surface area (Å²) in [6.45, 7) is 0.578. The van der Waals surface area contributed by atoms with Crippen LogP contribution in [0.3, 0.4) is 0 Å². The van der Waals surface area contributed by atoms with Crippen molar-refractivity contribution in [1.29, 1.82) is 0 Å². The highest BCUT2D eigenvalue weighted by molar-refractivity contribution is 5.95. The number of hydrogen-bond donors (Lipinski definition) is 1.